The summed E-state index contributed by atoms with van der Waals surface area (Å²) in [6, 6.07) is 18.9. The molecule has 0 aliphatic carbocycles. The standard InChI is InChI=1S/C23H19NO4/c1-26-19-7-8-20-18(15-27-21(20)14-19)13-22(25)28-23(16-5-3-2-4-6-16)17-9-11-24-12-10-17/h2-12,14-15,23H,13H2,1H3. The number of pyridine rings is 1. The van der Waals surface area contributed by atoms with E-state index in [-0.39, 0.29) is 12.4 Å². The molecule has 1 unspecified atom stereocenters. The van der Waals surface area contributed by atoms with Gasteiger partial charge in [0.2, 0.25) is 0 Å². The molecule has 5 nitrogen and oxygen atoms in total. The quantitative estimate of drug-likeness (QED) is 0.458. The Labute approximate surface area is 162 Å². The zero-order valence-corrected chi connectivity index (χ0v) is 15.4. The summed E-state index contributed by atoms with van der Waals surface area (Å²) in [5.41, 5.74) is 3.24. The van der Waals surface area contributed by atoms with Crippen LogP contribution in [0.5, 0.6) is 5.75 Å². The highest BCUT2D eigenvalue weighted by Gasteiger charge is 2.20. The van der Waals surface area contributed by atoms with Crippen molar-refractivity contribution >= 4 is 16.9 Å². The fourth-order valence-electron chi connectivity index (χ4n) is 3.15. The van der Waals surface area contributed by atoms with Crippen LogP contribution in [0.3, 0.4) is 0 Å². The first-order chi connectivity index (χ1) is 13.7. The predicted molar refractivity (Wildman–Crippen MR) is 105 cm³/mol. The van der Waals surface area contributed by atoms with E-state index in [0.717, 1.165) is 22.1 Å². The lowest BCUT2D eigenvalue weighted by molar-refractivity contribution is -0.146. The summed E-state index contributed by atoms with van der Waals surface area (Å²) in [6.07, 6.45) is 4.60. The van der Waals surface area contributed by atoms with E-state index in [4.69, 9.17) is 13.9 Å². The fourth-order valence-corrected chi connectivity index (χ4v) is 3.15. The van der Waals surface area contributed by atoms with E-state index < -0.39 is 6.10 Å². The van der Waals surface area contributed by atoms with Gasteiger partial charge in [0.05, 0.1) is 19.8 Å². The molecule has 0 spiro atoms. The molecular formula is C23H19NO4. The molecule has 1 atom stereocenters. The molecule has 4 rings (SSSR count). The molecule has 0 N–H and O–H groups in total. The molecule has 28 heavy (non-hydrogen) atoms. The molecule has 0 fully saturated rings. The van der Waals surface area contributed by atoms with Gasteiger partial charge in [0, 0.05) is 35.0 Å². The molecule has 0 bridgehead atoms. The normalized spacial score (nSPS) is 11.9. The number of nitrogens with zero attached hydrogens (tertiary/aromatic N) is 1. The summed E-state index contributed by atoms with van der Waals surface area (Å²) >= 11 is 0. The van der Waals surface area contributed by atoms with Gasteiger partial charge in [0.15, 0.2) is 6.10 Å². The highest BCUT2D eigenvalue weighted by molar-refractivity contribution is 5.86. The lowest BCUT2D eigenvalue weighted by Gasteiger charge is -2.18. The summed E-state index contributed by atoms with van der Waals surface area (Å²) in [7, 11) is 1.60. The summed E-state index contributed by atoms with van der Waals surface area (Å²) in [6.45, 7) is 0. The van der Waals surface area contributed by atoms with Crippen LogP contribution in [0.1, 0.15) is 22.8 Å². The number of furan rings is 1. The Hall–Kier alpha value is -3.60. The monoisotopic (exact) mass is 373 g/mol. The van der Waals surface area contributed by atoms with Crippen molar-refractivity contribution in [3.8, 4) is 5.75 Å². The molecule has 2 heterocycles. The van der Waals surface area contributed by atoms with Crippen LogP contribution in [0.2, 0.25) is 0 Å². The predicted octanol–water partition coefficient (Wildman–Crippen LogP) is 4.71. The highest BCUT2D eigenvalue weighted by atomic mass is 16.5. The Morgan fingerprint density at radius 3 is 2.54 bits per heavy atom. The van der Waals surface area contributed by atoms with Crippen molar-refractivity contribution in [2.75, 3.05) is 7.11 Å². The van der Waals surface area contributed by atoms with Crippen molar-refractivity contribution in [3.63, 3.8) is 0 Å². The molecule has 0 aliphatic rings. The first kappa shape index (κ1) is 17.8. The Bertz CT molecular complexity index is 1030. The maximum atomic E-state index is 12.7. The van der Waals surface area contributed by atoms with Crippen LogP contribution < -0.4 is 4.74 Å². The Morgan fingerprint density at radius 1 is 1.04 bits per heavy atom. The van der Waals surface area contributed by atoms with Crippen molar-refractivity contribution in [1.82, 2.24) is 4.98 Å². The van der Waals surface area contributed by atoms with Crippen LogP contribution in [0.15, 0.2) is 83.7 Å². The van der Waals surface area contributed by atoms with Gasteiger partial charge in [-0.15, -0.1) is 0 Å². The van der Waals surface area contributed by atoms with E-state index in [1.54, 1.807) is 31.8 Å². The third-order valence-electron chi connectivity index (χ3n) is 4.56. The fraction of sp³-hybridized carbons (Fsp3) is 0.130. The Morgan fingerprint density at radius 2 is 1.79 bits per heavy atom. The number of rotatable bonds is 6. The lowest BCUT2D eigenvalue weighted by Crippen LogP contribution is -2.14. The van der Waals surface area contributed by atoms with Gasteiger partial charge in [-0.05, 0) is 29.8 Å². The van der Waals surface area contributed by atoms with Gasteiger partial charge in [-0.25, -0.2) is 0 Å². The number of hydrogen-bond acceptors (Lipinski definition) is 5. The Kier molecular flexibility index (Phi) is 5.06. The second-order valence-electron chi connectivity index (χ2n) is 6.36. The lowest BCUT2D eigenvalue weighted by atomic mass is 10.0. The summed E-state index contributed by atoms with van der Waals surface area (Å²) in [5.74, 6) is 0.377. The third kappa shape index (κ3) is 3.74. The zero-order valence-electron chi connectivity index (χ0n) is 15.4. The summed E-state index contributed by atoms with van der Waals surface area (Å²) in [5, 5.41) is 0.873. The van der Waals surface area contributed by atoms with Gasteiger partial charge >= 0.3 is 5.97 Å². The minimum absolute atomic E-state index is 0.119. The van der Waals surface area contributed by atoms with Gasteiger partial charge < -0.3 is 13.9 Å². The molecule has 2 aromatic carbocycles. The van der Waals surface area contributed by atoms with Crippen LogP contribution in [-0.4, -0.2) is 18.1 Å². The van der Waals surface area contributed by atoms with E-state index in [9.17, 15) is 4.79 Å². The van der Waals surface area contributed by atoms with E-state index >= 15 is 0 Å². The number of carbonyl (C=O) groups is 1. The number of esters is 1. The molecule has 0 aliphatic heterocycles. The first-order valence-electron chi connectivity index (χ1n) is 8.93. The molecule has 0 saturated carbocycles. The summed E-state index contributed by atoms with van der Waals surface area (Å²) < 4.78 is 16.6. The average Bonchev–Trinajstić information content (AvgIpc) is 3.15. The topological polar surface area (TPSA) is 61.6 Å². The number of methoxy groups -OCH3 is 1. The first-order valence-corrected chi connectivity index (χ1v) is 8.93. The van der Waals surface area contributed by atoms with Gasteiger partial charge in [0.25, 0.3) is 0 Å². The van der Waals surface area contributed by atoms with Crippen LogP contribution in [-0.2, 0) is 16.0 Å². The molecule has 4 aromatic rings. The SMILES string of the molecule is COc1ccc2c(CC(=O)OC(c3ccccc3)c3ccncc3)coc2c1. The van der Waals surface area contributed by atoms with Crippen molar-refractivity contribution in [2.45, 2.75) is 12.5 Å². The number of ether oxygens (including phenoxy) is 2. The van der Waals surface area contributed by atoms with E-state index in [1.165, 1.54) is 0 Å². The number of carbonyl (C=O) groups excluding carboxylic acids is 1. The minimum Gasteiger partial charge on any atom is -0.497 e. The molecule has 5 heteroatoms. The summed E-state index contributed by atoms with van der Waals surface area (Å²) in [4.78, 5) is 16.8. The van der Waals surface area contributed by atoms with E-state index in [1.807, 2.05) is 54.6 Å². The van der Waals surface area contributed by atoms with E-state index in [2.05, 4.69) is 4.98 Å². The highest BCUT2D eigenvalue weighted by Crippen LogP contribution is 2.29. The van der Waals surface area contributed by atoms with Crippen LogP contribution in [0.25, 0.3) is 11.0 Å². The second kappa shape index (κ2) is 7.96. The van der Waals surface area contributed by atoms with Crippen molar-refractivity contribution in [3.05, 3.63) is 96.0 Å². The second-order valence-corrected chi connectivity index (χ2v) is 6.36. The third-order valence-corrected chi connectivity index (χ3v) is 4.56. The maximum absolute atomic E-state index is 12.7. The van der Waals surface area contributed by atoms with Crippen LogP contribution in [0, 0.1) is 0 Å². The van der Waals surface area contributed by atoms with Gasteiger partial charge in [-0.3, -0.25) is 9.78 Å². The van der Waals surface area contributed by atoms with Gasteiger partial charge in [0.1, 0.15) is 11.3 Å². The van der Waals surface area contributed by atoms with Crippen molar-refractivity contribution in [2.24, 2.45) is 0 Å². The minimum atomic E-state index is -0.491. The molecule has 0 radical (unpaired) electrons. The molecule has 2 aromatic heterocycles. The largest absolute Gasteiger partial charge is 0.497 e. The molecular weight excluding hydrogens is 354 g/mol. The van der Waals surface area contributed by atoms with Crippen LogP contribution in [0.4, 0.5) is 0 Å². The number of hydrogen-bond donors (Lipinski definition) is 0. The maximum Gasteiger partial charge on any atom is 0.311 e. The van der Waals surface area contributed by atoms with E-state index in [0.29, 0.717) is 11.3 Å². The van der Waals surface area contributed by atoms with Gasteiger partial charge in [-0.1, -0.05) is 30.3 Å². The number of fused-ring (bicyclic) bond motifs is 1. The zero-order chi connectivity index (χ0) is 19.3. The molecule has 0 amide bonds. The Balaban J connectivity index is 1.57. The molecule has 0 saturated heterocycles. The molecule has 140 valence electrons. The van der Waals surface area contributed by atoms with Gasteiger partial charge in [-0.2, -0.15) is 0 Å². The number of benzene rings is 2. The smallest absolute Gasteiger partial charge is 0.311 e. The van der Waals surface area contributed by atoms with Crippen molar-refractivity contribution < 1.29 is 18.7 Å². The average molecular weight is 373 g/mol. The van der Waals surface area contributed by atoms with Crippen molar-refractivity contribution in [1.29, 1.82) is 0 Å². The van der Waals surface area contributed by atoms with Crippen LogP contribution >= 0.6 is 0 Å². The number of aromatic nitrogens is 1.